The monoisotopic (exact) mass is 515 g/mol. The molecule has 1 saturated heterocycles. The summed E-state index contributed by atoms with van der Waals surface area (Å²) in [4.78, 5) is 38.7. The highest BCUT2D eigenvalue weighted by atomic mass is 32.2. The molecule has 0 spiro atoms. The summed E-state index contributed by atoms with van der Waals surface area (Å²) >= 11 is 2.32. The third-order valence-electron chi connectivity index (χ3n) is 4.74. The van der Waals surface area contributed by atoms with E-state index < -0.39 is 40.1 Å². The summed E-state index contributed by atoms with van der Waals surface area (Å²) < 4.78 is 18.3. The van der Waals surface area contributed by atoms with Crippen LogP contribution < -0.4 is 5.32 Å². The molecule has 4 heterocycles. The van der Waals surface area contributed by atoms with Gasteiger partial charge < -0.3 is 19.7 Å². The van der Waals surface area contributed by atoms with Crippen LogP contribution in [0.5, 0.6) is 0 Å². The quantitative estimate of drug-likeness (QED) is 0.185. The van der Waals surface area contributed by atoms with Crippen LogP contribution >= 0.6 is 34.9 Å². The molecule has 2 aromatic rings. The van der Waals surface area contributed by atoms with E-state index in [-0.39, 0.29) is 11.4 Å². The van der Waals surface area contributed by atoms with Crippen molar-refractivity contribution in [1.29, 1.82) is 0 Å². The number of H-pyrrole nitrogens is 1. The normalized spacial score (nSPS) is 23.5. The Bertz CT molecular complexity index is 1050. The van der Waals surface area contributed by atoms with Crippen molar-refractivity contribution in [1.82, 2.24) is 25.6 Å². The first-order valence-electron chi connectivity index (χ1n) is 9.05. The topological polar surface area (TPSA) is 161 Å². The minimum atomic E-state index is -1.71. The maximum atomic E-state index is 13.1. The van der Waals surface area contributed by atoms with Crippen molar-refractivity contribution in [3.8, 4) is 0 Å². The minimum Gasteiger partial charge on any atom is -0.610 e. The zero-order chi connectivity index (χ0) is 22.9. The lowest BCUT2D eigenvalue weighted by Gasteiger charge is -2.55. The number of thioether (sulfide) groups is 2. The Morgan fingerprint density at radius 3 is 3.00 bits per heavy atom. The fourth-order valence-electron chi connectivity index (χ4n) is 3.30. The number of hydrogen-bond acceptors (Lipinski definition) is 10. The molecular formula is C17H17N5O6S4. The van der Waals surface area contributed by atoms with E-state index in [2.05, 4.69) is 20.7 Å². The van der Waals surface area contributed by atoms with E-state index in [9.17, 15) is 24.0 Å². The van der Waals surface area contributed by atoms with Crippen LogP contribution in [0.4, 0.5) is 0 Å². The summed E-state index contributed by atoms with van der Waals surface area (Å²) in [5, 5.41) is 24.0. The van der Waals surface area contributed by atoms with Crippen molar-refractivity contribution in [2.24, 2.45) is 0 Å². The van der Waals surface area contributed by atoms with Gasteiger partial charge in [-0.15, -0.1) is 28.6 Å². The van der Waals surface area contributed by atoms with Gasteiger partial charge >= 0.3 is 5.97 Å². The van der Waals surface area contributed by atoms with Crippen LogP contribution in [0.25, 0.3) is 0 Å². The first-order valence-corrected chi connectivity index (χ1v) is 13.3. The average Bonchev–Trinajstić information content (AvgIpc) is 3.49. The van der Waals surface area contributed by atoms with Crippen LogP contribution in [0.15, 0.2) is 44.2 Å². The van der Waals surface area contributed by atoms with Gasteiger partial charge in [0.2, 0.25) is 4.21 Å². The van der Waals surface area contributed by atoms with Crippen molar-refractivity contribution in [3.05, 3.63) is 35.0 Å². The number of thiophene rings is 1. The summed E-state index contributed by atoms with van der Waals surface area (Å²) in [6, 6.07) is 3.40. The van der Waals surface area contributed by atoms with E-state index in [4.69, 9.17) is 4.74 Å². The molecule has 1 fully saturated rings. The Hall–Kier alpha value is -2.04. The van der Waals surface area contributed by atoms with E-state index in [0.29, 0.717) is 26.3 Å². The summed E-state index contributed by atoms with van der Waals surface area (Å²) in [6.45, 7) is 0. The van der Waals surface area contributed by atoms with Gasteiger partial charge in [-0.25, -0.2) is 4.79 Å². The molecule has 170 valence electrons. The van der Waals surface area contributed by atoms with E-state index in [1.807, 2.05) is 0 Å². The van der Waals surface area contributed by atoms with Gasteiger partial charge in [0.25, 0.3) is 17.5 Å². The number of hydrogen-bond donors (Lipinski definition) is 3. The van der Waals surface area contributed by atoms with Crippen LogP contribution in [0, 0.1) is 0 Å². The molecule has 2 aliphatic rings. The van der Waals surface area contributed by atoms with Crippen LogP contribution in [0.1, 0.15) is 0 Å². The Labute approximate surface area is 197 Å². The molecule has 11 nitrogen and oxygen atoms in total. The van der Waals surface area contributed by atoms with Crippen LogP contribution in [0.2, 0.25) is 0 Å². The van der Waals surface area contributed by atoms with Crippen molar-refractivity contribution in [2.45, 2.75) is 20.3 Å². The lowest BCUT2D eigenvalue weighted by atomic mass is 9.98. The number of carbonyl (C=O) groups excluding carboxylic acids is 2. The number of carboxylic acid groups (broad SMARTS) is 1. The summed E-state index contributed by atoms with van der Waals surface area (Å²) in [6.07, 6.45) is 1.52. The number of fused-ring (bicyclic) bond motifs is 1. The summed E-state index contributed by atoms with van der Waals surface area (Å²) in [7, 11) is 1.27. The molecule has 0 aliphatic carbocycles. The van der Waals surface area contributed by atoms with Crippen LogP contribution in [-0.4, -0.2) is 83.2 Å². The van der Waals surface area contributed by atoms with Crippen molar-refractivity contribution >= 4 is 63.8 Å². The lowest BCUT2D eigenvalue weighted by Crippen LogP contribution is -2.81. The van der Waals surface area contributed by atoms with Gasteiger partial charge in [-0.1, -0.05) is 16.6 Å². The number of aromatic nitrogens is 3. The molecule has 0 saturated carbocycles. The fraction of sp³-hybridized carbons (Fsp3) is 0.353. The van der Waals surface area contributed by atoms with Crippen LogP contribution in [0.3, 0.4) is 0 Å². The maximum Gasteiger partial charge on any atom is 0.352 e. The number of β-lactam (4-membered cyclic amide) rings is 1. The molecule has 32 heavy (non-hydrogen) atoms. The lowest BCUT2D eigenvalue weighted by molar-refractivity contribution is -0.192. The number of nitrogens with zero attached hydrogens (tertiary/aromatic N) is 3. The Balaban J connectivity index is 1.49. The summed E-state index contributed by atoms with van der Waals surface area (Å²) in [5.41, 5.74) is -1.28. The molecule has 3 N–H and O–H groups in total. The molecule has 1 unspecified atom stereocenters. The zero-order valence-electron chi connectivity index (χ0n) is 16.5. The van der Waals surface area contributed by atoms with Gasteiger partial charge in [-0.3, -0.25) is 19.6 Å². The second-order valence-corrected chi connectivity index (χ2v) is 11.3. The Morgan fingerprint density at radius 2 is 2.38 bits per heavy atom. The molecule has 4 rings (SSSR count). The van der Waals surface area contributed by atoms with E-state index in [0.717, 1.165) is 4.90 Å². The highest BCUT2D eigenvalue weighted by Crippen LogP contribution is 2.47. The first kappa shape index (κ1) is 23.1. The molecule has 0 bridgehead atoms. The van der Waals surface area contributed by atoms with Gasteiger partial charge in [0.05, 0.1) is 6.20 Å². The van der Waals surface area contributed by atoms with Crippen molar-refractivity contribution < 1.29 is 28.8 Å². The number of aromatic amines is 1. The molecule has 0 radical (unpaired) electrons. The third-order valence-corrected chi connectivity index (χ3v) is 9.73. The highest BCUT2D eigenvalue weighted by Gasteiger charge is 2.66. The number of methoxy groups -OCH3 is 1. The number of carbonyl (C=O) groups is 3. The fourth-order valence-corrected chi connectivity index (χ4v) is 7.57. The molecule has 2 amide bonds. The zero-order valence-corrected chi connectivity index (χ0v) is 19.7. The molecule has 2 aromatic heterocycles. The predicted molar refractivity (Wildman–Crippen MR) is 118 cm³/mol. The number of aliphatic carboxylic acids is 1. The Morgan fingerprint density at radius 1 is 1.56 bits per heavy atom. The van der Waals surface area contributed by atoms with Gasteiger partial charge in [-0.05, 0) is 17.0 Å². The predicted octanol–water partition coefficient (Wildman–Crippen LogP) is 0.479. The largest absolute Gasteiger partial charge is 0.610 e. The standard InChI is InChI=1S/C17H17N5O6S4/c1-28-17(19-10(23)8-32(27)12-3-2-4-29-12)15(26)22-13(14(24)25)9(7-31-16(17)22)6-30-11-5-18-21-20-11/h2-5,16H,6-8H2,1H3,(H,19,23)(H,24,25)(H,18,20,21)/t16-,17-,32?/m0/s1. The van der Waals surface area contributed by atoms with E-state index in [1.54, 1.807) is 17.5 Å². The molecule has 2 aliphatic heterocycles. The first-order chi connectivity index (χ1) is 15.4. The minimum absolute atomic E-state index is 0.122. The molecule has 3 atom stereocenters. The number of rotatable bonds is 9. The van der Waals surface area contributed by atoms with Gasteiger partial charge in [0.1, 0.15) is 16.1 Å². The van der Waals surface area contributed by atoms with Crippen molar-refractivity contribution in [2.75, 3.05) is 24.4 Å². The van der Waals surface area contributed by atoms with E-state index >= 15 is 0 Å². The average molecular weight is 516 g/mol. The number of amides is 2. The van der Waals surface area contributed by atoms with Gasteiger partial charge in [-0.2, -0.15) is 0 Å². The molecular weight excluding hydrogens is 498 g/mol. The summed E-state index contributed by atoms with van der Waals surface area (Å²) in [5.74, 6) is -2.24. The second-order valence-electron chi connectivity index (χ2n) is 6.62. The molecule has 0 aromatic carbocycles. The SMILES string of the molecule is CO[C@@]1(NC(=O)C[S+]([O-])c2cccs2)C(=O)N2C(C(=O)O)=C(CSc3cnn[nH]3)CS[C@H]21. The number of nitrogens with one attached hydrogen (secondary N) is 2. The smallest absolute Gasteiger partial charge is 0.352 e. The maximum absolute atomic E-state index is 13.1. The number of carboxylic acids is 1. The van der Waals surface area contributed by atoms with Gasteiger partial charge in [0, 0.05) is 35.9 Å². The van der Waals surface area contributed by atoms with E-state index in [1.165, 1.54) is 48.2 Å². The Kier molecular flexibility index (Phi) is 6.83. The molecule has 15 heteroatoms. The van der Waals surface area contributed by atoms with Gasteiger partial charge in [0.15, 0.2) is 5.75 Å². The number of ether oxygens (including phenoxy) is 1. The van der Waals surface area contributed by atoms with Crippen LogP contribution in [-0.2, 0) is 30.3 Å². The third kappa shape index (κ3) is 4.15. The highest BCUT2D eigenvalue weighted by molar-refractivity contribution is 8.01. The second kappa shape index (κ2) is 9.44. The van der Waals surface area contributed by atoms with Crippen molar-refractivity contribution in [3.63, 3.8) is 0 Å².